The van der Waals surface area contributed by atoms with Crippen molar-refractivity contribution < 1.29 is 9.72 Å². The van der Waals surface area contributed by atoms with E-state index in [-0.39, 0.29) is 17.6 Å². The van der Waals surface area contributed by atoms with Gasteiger partial charge >= 0.3 is 0 Å². The van der Waals surface area contributed by atoms with Gasteiger partial charge in [0.05, 0.1) is 4.92 Å². The van der Waals surface area contributed by atoms with Crippen molar-refractivity contribution in [2.24, 2.45) is 0 Å². The monoisotopic (exact) mass is 396 g/mol. The van der Waals surface area contributed by atoms with Crippen LogP contribution in [0.25, 0.3) is 0 Å². The molecule has 1 amide bonds. The lowest BCUT2D eigenvalue weighted by atomic mass is 10.0. The lowest BCUT2D eigenvalue weighted by molar-refractivity contribution is -0.383. The standard InChI is InChI=1S/C22H28N4O3/c1-2-3-13-25-14-11-19(12-15-25)24-22(27)17-9-10-20(21(16-17)26(28)29)23-18-7-5-4-6-8-18/h4-10,16,19,23H,2-3,11-15H2,1H3,(H,24,27). The summed E-state index contributed by atoms with van der Waals surface area (Å²) in [4.78, 5) is 26.1. The van der Waals surface area contributed by atoms with Crippen LogP contribution in [0.15, 0.2) is 48.5 Å². The Kier molecular flexibility index (Phi) is 7.19. The molecule has 7 heteroatoms. The molecule has 1 saturated heterocycles. The fourth-order valence-electron chi connectivity index (χ4n) is 3.56. The summed E-state index contributed by atoms with van der Waals surface area (Å²) in [6, 6.07) is 13.9. The Balaban J connectivity index is 1.64. The number of unbranched alkanes of at least 4 members (excludes halogenated alkanes) is 1. The molecule has 2 aromatic rings. The summed E-state index contributed by atoms with van der Waals surface area (Å²) in [5.41, 5.74) is 1.31. The number of likely N-dealkylation sites (tertiary alicyclic amines) is 1. The first-order valence-corrected chi connectivity index (χ1v) is 10.2. The molecule has 0 bridgehead atoms. The lowest BCUT2D eigenvalue weighted by Gasteiger charge is -2.32. The van der Waals surface area contributed by atoms with E-state index < -0.39 is 4.92 Å². The van der Waals surface area contributed by atoms with Gasteiger partial charge in [0.1, 0.15) is 5.69 Å². The number of piperidine rings is 1. The van der Waals surface area contributed by atoms with Crippen LogP contribution in [0.2, 0.25) is 0 Å². The number of nitrogens with zero attached hydrogens (tertiary/aromatic N) is 2. The molecule has 2 N–H and O–H groups in total. The van der Waals surface area contributed by atoms with Gasteiger partial charge in [0, 0.05) is 36.4 Å². The van der Waals surface area contributed by atoms with Crippen LogP contribution in [0.5, 0.6) is 0 Å². The fourth-order valence-corrected chi connectivity index (χ4v) is 3.56. The van der Waals surface area contributed by atoms with E-state index in [9.17, 15) is 14.9 Å². The zero-order chi connectivity index (χ0) is 20.6. The quantitative estimate of drug-likeness (QED) is 0.512. The predicted molar refractivity (Wildman–Crippen MR) is 115 cm³/mol. The summed E-state index contributed by atoms with van der Waals surface area (Å²) in [6.07, 6.45) is 4.20. The van der Waals surface area contributed by atoms with Gasteiger partial charge in [-0.05, 0) is 50.1 Å². The van der Waals surface area contributed by atoms with Crippen LogP contribution in [-0.4, -0.2) is 41.4 Å². The minimum Gasteiger partial charge on any atom is -0.350 e. The van der Waals surface area contributed by atoms with Crippen LogP contribution in [0.4, 0.5) is 17.1 Å². The van der Waals surface area contributed by atoms with Crippen molar-refractivity contribution in [2.45, 2.75) is 38.6 Å². The average Bonchev–Trinajstić information content (AvgIpc) is 2.74. The normalized spacial score (nSPS) is 15.1. The van der Waals surface area contributed by atoms with Gasteiger partial charge < -0.3 is 15.5 Å². The smallest absolute Gasteiger partial charge is 0.293 e. The van der Waals surface area contributed by atoms with Crippen molar-refractivity contribution >= 4 is 23.0 Å². The molecule has 1 aliphatic rings. The molecule has 3 rings (SSSR count). The molecular formula is C22H28N4O3. The molecule has 154 valence electrons. The zero-order valence-electron chi connectivity index (χ0n) is 16.8. The van der Waals surface area contributed by atoms with Crippen LogP contribution in [0.3, 0.4) is 0 Å². The number of rotatable bonds is 8. The third-order valence-electron chi connectivity index (χ3n) is 5.26. The van der Waals surface area contributed by atoms with Crippen LogP contribution >= 0.6 is 0 Å². The summed E-state index contributed by atoms with van der Waals surface area (Å²) in [6.45, 7) is 5.25. The van der Waals surface area contributed by atoms with Crippen molar-refractivity contribution in [2.75, 3.05) is 25.0 Å². The number of hydrogen-bond acceptors (Lipinski definition) is 5. The van der Waals surface area contributed by atoms with Gasteiger partial charge in [-0.15, -0.1) is 0 Å². The van der Waals surface area contributed by atoms with E-state index in [1.165, 1.54) is 18.9 Å². The van der Waals surface area contributed by atoms with Gasteiger partial charge in [0.15, 0.2) is 0 Å². The summed E-state index contributed by atoms with van der Waals surface area (Å²) < 4.78 is 0. The maximum atomic E-state index is 12.6. The van der Waals surface area contributed by atoms with Gasteiger partial charge in [-0.25, -0.2) is 0 Å². The highest BCUT2D eigenvalue weighted by Gasteiger charge is 2.23. The second-order valence-electron chi connectivity index (χ2n) is 7.42. The van der Waals surface area contributed by atoms with Crippen molar-refractivity contribution in [3.8, 4) is 0 Å². The molecular weight excluding hydrogens is 368 g/mol. The predicted octanol–water partition coefficient (Wildman–Crippen LogP) is 4.33. The number of hydrogen-bond donors (Lipinski definition) is 2. The van der Waals surface area contributed by atoms with Crippen molar-refractivity contribution in [1.82, 2.24) is 10.2 Å². The number of amides is 1. The first-order chi connectivity index (χ1) is 14.1. The highest BCUT2D eigenvalue weighted by atomic mass is 16.6. The number of carbonyl (C=O) groups excluding carboxylic acids is 1. The number of anilines is 2. The molecule has 1 fully saturated rings. The molecule has 0 saturated carbocycles. The lowest BCUT2D eigenvalue weighted by Crippen LogP contribution is -2.44. The number of nitro benzene ring substituents is 1. The summed E-state index contributed by atoms with van der Waals surface area (Å²) >= 11 is 0. The maximum Gasteiger partial charge on any atom is 0.293 e. The molecule has 0 unspecified atom stereocenters. The van der Waals surface area contributed by atoms with Crippen LogP contribution in [0, 0.1) is 10.1 Å². The van der Waals surface area contributed by atoms with E-state index in [0.29, 0.717) is 11.3 Å². The first-order valence-electron chi connectivity index (χ1n) is 10.2. The van der Waals surface area contributed by atoms with E-state index in [0.717, 1.165) is 38.2 Å². The van der Waals surface area contributed by atoms with E-state index in [4.69, 9.17) is 0 Å². The number of carbonyl (C=O) groups is 1. The van der Waals surface area contributed by atoms with Crippen molar-refractivity contribution in [3.05, 3.63) is 64.2 Å². The second kappa shape index (κ2) is 10.0. The molecule has 0 spiro atoms. The van der Waals surface area contributed by atoms with Crippen LogP contribution in [-0.2, 0) is 0 Å². The minimum absolute atomic E-state index is 0.113. The number of para-hydroxylation sites is 1. The van der Waals surface area contributed by atoms with E-state index in [1.54, 1.807) is 12.1 Å². The molecule has 1 aliphatic heterocycles. The Morgan fingerprint density at radius 2 is 1.90 bits per heavy atom. The van der Waals surface area contributed by atoms with Crippen LogP contribution < -0.4 is 10.6 Å². The SMILES string of the molecule is CCCCN1CCC(NC(=O)c2ccc(Nc3ccccc3)c([N+](=O)[O-])c2)CC1. The third-order valence-corrected chi connectivity index (χ3v) is 5.26. The number of nitrogens with one attached hydrogen (secondary N) is 2. The fraction of sp³-hybridized carbons (Fsp3) is 0.409. The third kappa shape index (κ3) is 5.77. The summed E-state index contributed by atoms with van der Waals surface area (Å²) in [5, 5.41) is 17.6. The Hall–Kier alpha value is -2.93. The highest BCUT2D eigenvalue weighted by molar-refractivity contribution is 5.96. The summed E-state index contributed by atoms with van der Waals surface area (Å²) in [5.74, 6) is -0.258. The van der Waals surface area contributed by atoms with E-state index in [2.05, 4.69) is 22.5 Å². The van der Waals surface area contributed by atoms with Crippen molar-refractivity contribution in [3.63, 3.8) is 0 Å². The van der Waals surface area contributed by atoms with Gasteiger partial charge in [-0.3, -0.25) is 14.9 Å². The Bertz CT molecular complexity index is 833. The molecule has 0 aliphatic carbocycles. The molecule has 7 nitrogen and oxygen atoms in total. The topological polar surface area (TPSA) is 87.5 Å². The first kappa shape index (κ1) is 20.8. The molecule has 29 heavy (non-hydrogen) atoms. The number of nitro groups is 1. The highest BCUT2D eigenvalue weighted by Crippen LogP contribution is 2.28. The Morgan fingerprint density at radius 3 is 2.55 bits per heavy atom. The molecule has 2 aromatic carbocycles. The number of benzene rings is 2. The summed E-state index contributed by atoms with van der Waals surface area (Å²) in [7, 11) is 0. The minimum atomic E-state index is -0.464. The maximum absolute atomic E-state index is 12.6. The van der Waals surface area contributed by atoms with Gasteiger partial charge in [-0.2, -0.15) is 0 Å². The van der Waals surface area contributed by atoms with Gasteiger partial charge in [0.2, 0.25) is 0 Å². The largest absolute Gasteiger partial charge is 0.350 e. The van der Waals surface area contributed by atoms with Gasteiger partial charge in [0.25, 0.3) is 11.6 Å². The molecule has 0 atom stereocenters. The molecule has 0 radical (unpaired) electrons. The molecule has 1 heterocycles. The van der Waals surface area contributed by atoms with Gasteiger partial charge in [-0.1, -0.05) is 31.5 Å². The Morgan fingerprint density at radius 1 is 1.17 bits per heavy atom. The average molecular weight is 396 g/mol. The molecule has 0 aromatic heterocycles. The van der Waals surface area contributed by atoms with E-state index >= 15 is 0 Å². The Labute approximate surface area is 171 Å². The van der Waals surface area contributed by atoms with Crippen molar-refractivity contribution in [1.29, 1.82) is 0 Å². The second-order valence-corrected chi connectivity index (χ2v) is 7.42. The zero-order valence-corrected chi connectivity index (χ0v) is 16.8. The van der Waals surface area contributed by atoms with E-state index in [1.807, 2.05) is 30.3 Å². The van der Waals surface area contributed by atoms with Crippen LogP contribution in [0.1, 0.15) is 43.0 Å².